The Kier molecular flexibility index (Phi) is 2.06. The molecule has 2 nitrogen and oxygen atoms in total. The van der Waals surface area contributed by atoms with Crippen molar-refractivity contribution in [1.29, 1.82) is 0 Å². The number of rotatable bonds is 1. The third kappa shape index (κ3) is 1.62. The minimum absolute atomic E-state index is 0.992. The summed E-state index contributed by atoms with van der Waals surface area (Å²) in [4.78, 5) is 2.75. The molecule has 0 aromatic rings. The van der Waals surface area contributed by atoms with E-state index in [-0.39, 0.29) is 0 Å². The fraction of sp³-hybridized carbons (Fsp3) is 1.00. The number of fused-ring (bicyclic) bond motifs is 1. The van der Waals surface area contributed by atoms with E-state index in [1.807, 2.05) is 0 Å². The fourth-order valence-corrected chi connectivity index (χ4v) is 3.04. The van der Waals surface area contributed by atoms with E-state index in [0.717, 1.165) is 17.9 Å². The minimum atomic E-state index is 0.992. The Morgan fingerprint density at radius 1 is 0.846 bits per heavy atom. The van der Waals surface area contributed by atoms with E-state index >= 15 is 0 Å². The Morgan fingerprint density at radius 3 is 2.00 bits per heavy atom. The van der Waals surface area contributed by atoms with Gasteiger partial charge in [-0.1, -0.05) is 0 Å². The van der Waals surface area contributed by atoms with Gasteiger partial charge in [-0.05, 0) is 63.7 Å². The molecule has 2 aliphatic heterocycles. The van der Waals surface area contributed by atoms with Crippen LogP contribution in [-0.2, 0) is 0 Å². The third-order valence-corrected chi connectivity index (χ3v) is 4.12. The molecule has 0 spiro atoms. The van der Waals surface area contributed by atoms with Crippen molar-refractivity contribution in [3.05, 3.63) is 0 Å². The molecule has 2 saturated heterocycles. The lowest BCUT2D eigenvalue weighted by Crippen LogP contribution is -2.28. The van der Waals surface area contributed by atoms with Crippen molar-refractivity contribution in [3.63, 3.8) is 0 Å². The Balaban J connectivity index is 1.62. The molecule has 2 atom stereocenters. The third-order valence-electron chi connectivity index (χ3n) is 4.12. The minimum Gasteiger partial charge on any atom is -0.316 e. The summed E-state index contributed by atoms with van der Waals surface area (Å²) in [5.41, 5.74) is 0. The van der Waals surface area contributed by atoms with E-state index in [1.165, 1.54) is 51.9 Å². The van der Waals surface area contributed by atoms with Crippen LogP contribution in [0.4, 0.5) is 0 Å². The largest absolute Gasteiger partial charge is 0.316 e. The summed E-state index contributed by atoms with van der Waals surface area (Å²) in [6.07, 6.45) is 5.86. The topological polar surface area (TPSA) is 15.3 Å². The van der Waals surface area contributed by atoms with Crippen LogP contribution in [0.3, 0.4) is 0 Å². The molecule has 0 aromatic heterocycles. The van der Waals surface area contributed by atoms with E-state index in [4.69, 9.17) is 0 Å². The van der Waals surface area contributed by atoms with Crippen molar-refractivity contribution in [3.8, 4) is 0 Å². The second-order valence-corrected chi connectivity index (χ2v) is 5.02. The molecule has 13 heavy (non-hydrogen) atoms. The number of nitrogens with one attached hydrogen (secondary N) is 1. The number of likely N-dealkylation sites (tertiary alicyclic amines) is 1. The Hall–Kier alpha value is -0.0800. The zero-order chi connectivity index (χ0) is 8.67. The van der Waals surface area contributed by atoms with Crippen molar-refractivity contribution in [1.82, 2.24) is 10.2 Å². The number of hydrogen-bond donors (Lipinski definition) is 1. The quantitative estimate of drug-likeness (QED) is 0.649. The monoisotopic (exact) mass is 180 g/mol. The van der Waals surface area contributed by atoms with Gasteiger partial charge in [-0.15, -0.1) is 0 Å². The van der Waals surface area contributed by atoms with Crippen LogP contribution in [0.5, 0.6) is 0 Å². The van der Waals surface area contributed by atoms with Gasteiger partial charge in [-0.3, -0.25) is 0 Å². The highest BCUT2D eigenvalue weighted by atomic mass is 15.2. The molecule has 2 heteroatoms. The highest BCUT2D eigenvalue weighted by molar-refractivity contribution is 4.90. The molecule has 3 aliphatic rings. The molecule has 1 saturated carbocycles. The number of hydrogen-bond acceptors (Lipinski definition) is 2. The van der Waals surface area contributed by atoms with Gasteiger partial charge in [0.05, 0.1) is 0 Å². The Bertz CT molecular complexity index is 175. The van der Waals surface area contributed by atoms with Crippen molar-refractivity contribution >= 4 is 0 Å². The van der Waals surface area contributed by atoms with Crippen LogP contribution in [0.15, 0.2) is 0 Å². The van der Waals surface area contributed by atoms with E-state index in [2.05, 4.69) is 10.2 Å². The second kappa shape index (κ2) is 3.25. The van der Waals surface area contributed by atoms with E-state index < -0.39 is 0 Å². The zero-order valence-corrected chi connectivity index (χ0v) is 8.34. The van der Waals surface area contributed by atoms with E-state index in [1.54, 1.807) is 0 Å². The maximum atomic E-state index is 3.53. The van der Waals surface area contributed by atoms with Crippen molar-refractivity contribution < 1.29 is 0 Å². The summed E-state index contributed by atoms with van der Waals surface area (Å²) in [5, 5.41) is 3.53. The maximum Gasteiger partial charge on any atom is 0.00964 e. The van der Waals surface area contributed by atoms with Crippen molar-refractivity contribution in [2.24, 2.45) is 11.8 Å². The van der Waals surface area contributed by atoms with Gasteiger partial charge < -0.3 is 10.2 Å². The molecule has 2 unspecified atom stereocenters. The van der Waals surface area contributed by atoms with Gasteiger partial charge >= 0.3 is 0 Å². The predicted octanol–water partition coefficient (Wildman–Crippen LogP) is 1.08. The summed E-state index contributed by atoms with van der Waals surface area (Å²) < 4.78 is 0. The van der Waals surface area contributed by atoms with Crippen LogP contribution in [0.25, 0.3) is 0 Å². The molecule has 3 fully saturated rings. The summed E-state index contributed by atoms with van der Waals surface area (Å²) in [5.74, 6) is 2.01. The van der Waals surface area contributed by atoms with Gasteiger partial charge in [0.1, 0.15) is 0 Å². The van der Waals surface area contributed by atoms with Gasteiger partial charge in [0.15, 0.2) is 0 Å². The smallest absolute Gasteiger partial charge is 0.00964 e. The fourth-order valence-electron chi connectivity index (χ4n) is 3.04. The molecule has 0 aromatic carbocycles. The highest BCUT2D eigenvalue weighted by Gasteiger charge is 2.35. The lowest BCUT2D eigenvalue weighted by atomic mass is 9.92. The molecule has 0 amide bonds. The standard InChI is InChI=1S/C11H20N2/c1-2-11(1)13-5-3-9-7-12-8-10(9)4-6-13/h9-12H,1-8H2. The van der Waals surface area contributed by atoms with Gasteiger partial charge in [0.2, 0.25) is 0 Å². The Labute approximate surface area is 80.7 Å². The lowest BCUT2D eigenvalue weighted by molar-refractivity contribution is 0.268. The average Bonchev–Trinajstić information content (AvgIpc) is 2.90. The maximum absolute atomic E-state index is 3.53. The van der Waals surface area contributed by atoms with Crippen LogP contribution in [0.2, 0.25) is 0 Å². The second-order valence-electron chi connectivity index (χ2n) is 5.02. The highest BCUT2D eigenvalue weighted by Crippen LogP contribution is 2.33. The molecule has 0 radical (unpaired) electrons. The Morgan fingerprint density at radius 2 is 1.46 bits per heavy atom. The molecule has 2 heterocycles. The first-order chi connectivity index (χ1) is 6.43. The van der Waals surface area contributed by atoms with Gasteiger partial charge in [-0.2, -0.15) is 0 Å². The van der Waals surface area contributed by atoms with Gasteiger partial charge in [0, 0.05) is 6.04 Å². The molecule has 74 valence electrons. The van der Waals surface area contributed by atoms with Gasteiger partial charge in [0.25, 0.3) is 0 Å². The summed E-state index contributed by atoms with van der Waals surface area (Å²) in [7, 11) is 0. The molecule has 1 aliphatic carbocycles. The number of nitrogens with zero attached hydrogens (tertiary/aromatic N) is 1. The first-order valence-corrected chi connectivity index (χ1v) is 5.88. The summed E-state index contributed by atoms with van der Waals surface area (Å²) in [6, 6.07) is 0.992. The van der Waals surface area contributed by atoms with Gasteiger partial charge in [-0.25, -0.2) is 0 Å². The van der Waals surface area contributed by atoms with Crippen molar-refractivity contribution in [2.45, 2.75) is 31.7 Å². The van der Waals surface area contributed by atoms with Crippen LogP contribution in [0.1, 0.15) is 25.7 Å². The van der Waals surface area contributed by atoms with Crippen LogP contribution < -0.4 is 5.32 Å². The van der Waals surface area contributed by atoms with Crippen LogP contribution in [0, 0.1) is 11.8 Å². The van der Waals surface area contributed by atoms with Crippen LogP contribution >= 0.6 is 0 Å². The zero-order valence-electron chi connectivity index (χ0n) is 8.34. The molecule has 1 N–H and O–H groups in total. The lowest BCUT2D eigenvalue weighted by Gasteiger charge is -2.19. The van der Waals surface area contributed by atoms with Crippen molar-refractivity contribution in [2.75, 3.05) is 26.2 Å². The molecule has 0 bridgehead atoms. The van der Waals surface area contributed by atoms with Crippen LogP contribution in [-0.4, -0.2) is 37.1 Å². The molecular formula is C11H20N2. The SMILES string of the molecule is C1CN(C2CC2)CCC2CNCC12. The first kappa shape index (κ1) is 8.25. The van der Waals surface area contributed by atoms with E-state index in [9.17, 15) is 0 Å². The summed E-state index contributed by atoms with van der Waals surface area (Å²) >= 11 is 0. The summed E-state index contributed by atoms with van der Waals surface area (Å²) in [6.45, 7) is 5.35. The van der Waals surface area contributed by atoms with E-state index in [0.29, 0.717) is 0 Å². The average molecular weight is 180 g/mol. The molecular weight excluding hydrogens is 160 g/mol. The predicted molar refractivity (Wildman–Crippen MR) is 53.7 cm³/mol. The molecule has 3 rings (SSSR count). The first-order valence-electron chi connectivity index (χ1n) is 5.88. The normalized spacial score (nSPS) is 41.5.